The van der Waals surface area contributed by atoms with E-state index in [0.29, 0.717) is 0 Å². The number of thiophene rings is 1. The van der Waals surface area contributed by atoms with Crippen LogP contribution in [0.5, 0.6) is 0 Å². The second kappa shape index (κ2) is 4.66. The highest BCUT2D eigenvalue weighted by Crippen LogP contribution is 2.28. The number of thioether (sulfide) groups is 1. The van der Waals surface area contributed by atoms with Crippen molar-refractivity contribution in [3.05, 3.63) is 21.9 Å². The van der Waals surface area contributed by atoms with Crippen LogP contribution < -0.4 is 5.73 Å². The molecule has 1 fully saturated rings. The Hall–Kier alpha value is -0.0300. The molecule has 0 radical (unpaired) electrons. The van der Waals surface area contributed by atoms with E-state index >= 15 is 0 Å². The topological polar surface area (TPSA) is 35.2 Å². The molecule has 0 amide bonds. The number of hydrogen-bond acceptors (Lipinski definition) is 4. The molecule has 0 spiro atoms. The predicted octanol–water partition coefficient (Wildman–Crippen LogP) is 2.19. The fourth-order valence-electron chi connectivity index (χ4n) is 1.53. The van der Waals surface area contributed by atoms with Gasteiger partial charge in [0.25, 0.3) is 0 Å². The van der Waals surface area contributed by atoms with E-state index in [9.17, 15) is 0 Å². The zero-order chi connectivity index (χ0) is 9.97. The monoisotopic (exact) mass is 229 g/mol. The summed E-state index contributed by atoms with van der Waals surface area (Å²) in [5.41, 5.74) is 6.16. The average Bonchev–Trinajstić information content (AvgIpc) is 2.65. The zero-order valence-corrected chi connectivity index (χ0v) is 9.87. The van der Waals surface area contributed by atoms with Crippen LogP contribution in [0.25, 0.3) is 0 Å². The van der Waals surface area contributed by atoms with Crippen molar-refractivity contribution < 1.29 is 4.74 Å². The average molecular weight is 229 g/mol. The number of aryl methyl sites for hydroxylation is 1. The summed E-state index contributed by atoms with van der Waals surface area (Å²) >= 11 is 3.71. The van der Waals surface area contributed by atoms with Crippen LogP contribution in [0.15, 0.2) is 12.1 Å². The molecule has 0 bridgehead atoms. The van der Waals surface area contributed by atoms with Gasteiger partial charge in [-0.05, 0) is 19.1 Å². The van der Waals surface area contributed by atoms with Crippen molar-refractivity contribution >= 4 is 23.1 Å². The highest BCUT2D eigenvalue weighted by molar-refractivity contribution is 7.99. The molecule has 2 N–H and O–H groups in total. The molecule has 2 unspecified atom stereocenters. The maximum Gasteiger partial charge on any atom is 0.0866 e. The van der Waals surface area contributed by atoms with Crippen LogP contribution in [0.4, 0.5) is 0 Å². The summed E-state index contributed by atoms with van der Waals surface area (Å²) < 4.78 is 5.66. The van der Waals surface area contributed by atoms with Crippen molar-refractivity contribution in [2.24, 2.45) is 5.73 Å². The predicted molar refractivity (Wildman–Crippen MR) is 63.0 cm³/mol. The van der Waals surface area contributed by atoms with Crippen LogP contribution >= 0.6 is 23.1 Å². The van der Waals surface area contributed by atoms with Gasteiger partial charge in [-0.25, -0.2) is 0 Å². The number of ether oxygens (including phenoxy) is 1. The molecule has 1 aliphatic rings. The SMILES string of the molecule is Cc1ccc(C(N)C2CSCCO2)s1. The zero-order valence-electron chi connectivity index (χ0n) is 8.23. The standard InChI is InChI=1S/C10H15NOS2/c1-7-2-3-9(14-7)10(11)8-6-13-5-4-12-8/h2-3,8,10H,4-6,11H2,1H3. The molecule has 1 aromatic rings. The molecule has 1 aromatic heterocycles. The van der Waals surface area contributed by atoms with E-state index in [1.54, 1.807) is 11.3 Å². The Morgan fingerprint density at radius 3 is 3.00 bits per heavy atom. The smallest absolute Gasteiger partial charge is 0.0866 e. The van der Waals surface area contributed by atoms with Gasteiger partial charge in [-0.2, -0.15) is 11.8 Å². The fraction of sp³-hybridized carbons (Fsp3) is 0.600. The van der Waals surface area contributed by atoms with E-state index in [4.69, 9.17) is 10.5 Å². The van der Waals surface area contributed by atoms with Crippen LogP contribution in [-0.4, -0.2) is 24.2 Å². The molecule has 14 heavy (non-hydrogen) atoms. The number of hydrogen-bond donors (Lipinski definition) is 1. The van der Waals surface area contributed by atoms with Crippen molar-refractivity contribution in [2.75, 3.05) is 18.1 Å². The molecule has 2 nitrogen and oxygen atoms in total. The lowest BCUT2D eigenvalue weighted by molar-refractivity contribution is 0.0577. The molecule has 0 saturated carbocycles. The Morgan fingerprint density at radius 2 is 2.43 bits per heavy atom. The third-order valence-electron chi connectivity index (χ3n) is 2.33. The Bertz CT molecular complexity index is 294. The second-order valence-corrected chi connectivity index (χ2v) is 5.93. The first-order chi connectivity index (χ1) is 6.77. The van der Waals surface area contributed by atoms with Gasteiger partial charge in [-0.1, -0.05) is 0 Å². The molecular weight excluding hydrogens is 214 g/mol. The first kappa shape index (κ1) is 10.5. The maximum atomic E-state index is 6.16. The highest BCUT2D eigenvalue weighted by Gasteiger charge is 2.23. The van der Waals surface area contributed by atoms with Gasteiger partial charge in [0.2, 0.25) is 0 Å². The van der Waals surface area contributed by atoms with Crippen LogP contribution in [0.2, 0.25) is 0 Å². The molecule has 78 valence electrons. The number of rotatable bonds is 2. The van der Waals surface area contributed by atoms with Gasteiger partial charge >= 0.3 is 0 Å². The molecule has 4 heteroatoms. The van der Waals surface area contributed by atoms with E-state index < -0.39 is 0 Å². The minimum absolute atomic E-state index is 0.0569. The third-order valence-corrected chi connectivity index (χ3v) is 4.45. The van der Waals surface area contributed by atoms with Crippen molar-refractivity contribution in [3.63, 3.8) is 0 Å². The lowest BCUT2D eigenvalue weighted by Crippen LogP contribution is -2.34. The Labute approximate surface area is 92.8 Å². The van der Waals surface area contributed by atoms with E-state index in [1.165, 1.54) is 9.75 Å². The van der Waals surface area contributed by atoms with Gasteiger partial charge in [0.15, 0.2) is 0 Å². The fourth-order valence-corrected chi connectivity index (χ4v) is 3.38. The maximum absolute atomic E-state index is 6.16. The molecule has 2 atom stereocenters. The van der Waals surface area contributed by atoms with Crippen LogP contribution in [0.1, 0.15) is 15.8 Å². The first-order valence-electron chi connectivity index (χ1n) is 4.78. The van der Waals surface area contributed by atoms with Crippen molar-refractivity contribution in [3.8, 4) is 0 Å². The van der Waals surface area contributed by atoms with E-state index in [0.717, 1.165) is 18.1 Å². The molecule has 0 aromatic carbocycles. The highest BCUT2D eigenvalue weighted by atomic mass is 32.2. The Balaban J connectivity index is 2.03. The molecule has 2 rings (SSSR count). The van der Waals surface area contributed by atoms with Gasteiger partial charge in [0, 0.05) is 21.3 Å². The normalized spacial score (nSPS) is 24.9. The summed E-state index contributed by atoms with van der Waals surface area (Å²) in [5.74, 6) is 2.13. The van der Waals surface area contributed by atoms with Crippen molar-refractivity contribution in [1.29, 1.82) is 0 Å². The van der Waals surface area contributed by atoms with Crippen molar-refractivity contribution in [1.82, 2.24) is 0 Å². The van der Waals surface area contributed by atoms with Gasteiger partial charge in [-0.15, -0.1) is 11.3 Å². The van der Waals surface area contributed by atoms with E-state index in [1.807, 2.05) is 11.8 Å². The Morgan fingerprint density at radius 1 is 1.57 bits per heavy atom. The third kappa shape index (κ3) is 2.31. The van der Waals surface area contributed by atoms with Crippen molar-refractivity contribution in [2.45, 2.75) is 19.1 Å². The minimum atomic E-state index is 0.0569. The quantitative estimate of drug-likeness (QED) is 0.844. The van der Waals surface area contributed by atoms with Gasteiger partial charge < -0.3 is 10.5 Å². The minimum Gasteiger partial charge on any atom is -0.374 e. The lowest BCUT2D eigenvalue weighted by Gasteiger charge is -2.26. The van der Waals surface area contributed by atoms with Gasteiger partial charge in [0.05, 0.1) is 18.8 Å². The van der Waals surface area contributed by atoms with Crippen LogP contribution in [0, 0.1) is 6.92 Å². The first-order valence-corrected chi connectivity index (χ1v) is 6.76. The lowest BCUT2D eigenvalue weighted by atomic mass is 10.1. The summed E-state index contributed by atoms with van der Waals surface area (Å²) in [6.45, 7) is 2.95. The molecule has 2 heterocycles. The number of nitrogens with two attached hydrogens (primary N) is 1. The van der Waals surface area contributed by atoms with E-state index in [2.05, 4.69) is 19.1 Å². The summed E-state index contributed by atoms with van der Waals surface area (Å²) in [5, 5.41) is 0. The van der Waals surface area contributed by atoms with Crippen LogP contribution in [-0.2, 0) is 4.74 Å². The van der Waals surface area contributed by atoms with Crippen LogP contribution in [0.3, 0.4) is 0 Å². The molecule has 0 aliphatic carbocycles. The Kier molecular flexibility index (Phi) is 3.49. The summed E-state index contributed by atoms with van der Waals surface area (Å²) in [7, 11) is 0. The molecular formula is C10H15NOS2. The molecule has 1 saturated heterocycles. The largest absolute Gasteiger partial charge is 0.374 e. The summed E-state index contributed by atoms with van der Waals surface area (Å²) in [4.78, 5) is 2.56. The molecule has 1 aliphatic heterocycles. The van der Waals surface area contributed by atoms with E-state index in [-0.39, 0.29) is 12.1 Å². The van der Waals surface area contributed by atoms with Gasteiger partial charge in [-0.3, -0.25) is 0 Å². The summed E-state index contributed by atoms with van der Waals surface area (Å²) in [6, 6.07) is 4.30. The summed E-state index contributed by atoms with van der Waals surface area (Å²) in [6.07, 6.45) is 0.201. The van der Waals surface area contributed by atoms with Gasteiger partial charge in [0.1, 0.15) is 0 Å². The second-order valence-electron chi connectivity index (χ2n) is 3.46.